The lowest BCUT2D eigenvalue weighted by Crippen LogP contribution is -2.30. The SMILES string of the molecule is Cn1c(CN2CCC(=O)Nc3cc(F)ccc32)nc2ccccc2c1=O. The minimum Gasteiger partial charge on any atom is -0.362 e. The number of carbonyl (C=O) groups excluding carboxylic acids is 1. The van der Waals surface area contributed by atoms with E-state index in [-0.39, 0.29) is 17.9 Å². The standard InChI is InChI=1S/C19H17FN4O2/c1-23-17(21-14-5-3-2-4-13(14)19(23)26)11-24-9-8-18(25)22-15-10-12(20)6-7-16(15)24/h2-7,10H,8-9,11H2,1H3,(H,22,25). The molecule has 6 nitrogen and oxygen atoms in total. The van der Waals surface area contributed by atoms with Crippen LogP contribution in [0.15, 0.2) is 47.3 Å². The molecule has 3 aromatic rings. The molecule has 1 aromatic heterocycles. The largest absolute Gasteiger partial charge is 0.362 e. The monoisotopic (exact) mass is 352 g/mol. The van der Waals surface area contributed by atoms with Gasteiger partial charge in [-0.15, -0.1) is 0 Å². The highest BCUT2D eigenvalue weighted by atomic mass is 19.1. The molecule has 0 unspecified atom stereocenters. The lowest BCUT2D eigenvalue weighted by Gasteiger charge is -2.24. The molecule has 0 atom stereocenters. The van der Waals surface area contributed by atoms with Gasteiger partial charge in [0.15, 0.2) is 0 Å². The van der Waals surface area contributed by atoms with Crippen LogP contribution in [0.3, 0.4) is 0 Å². The highest BCUT2D eigenvalue weighted by molar-refractivity contribution is 5.96. The molecule has 132 valence electrons. The number of para-hydroxylation sites is 1. The number of nitrogens with one attached hydrogen (secondary N) is 1. The smallest absolute Gasteiger partial charge is 0.261 e. The lowest BCUT2D eigenvalue weighted by atomic mass is 10.2. The topological polar surface area (TPSA) is 67.2 Å². The van der Waals surface area contributed by atoms with Crippen LogP contribution >= 0.6 is 0 Å². The number of halogens is 1. The van der Waals surface area contributed by atoms with E-state index in [9.17, 15) is 14.0 Å². The molecule has 0 radical (unpaired) electrons. The zero-order chi connectivity index (χ0) is 18.3. The van der Waals surface area contributed by atoms with Crippen LogP contribution in [0, 0.1) is 5.82 Å². The number of rotatable bonds is 2. The quantitative estimate of drug-likeness (QED) is 0.769. The van der Waals surface area contributed by atoms with Gasteiger partial charge in [-0.25, -0.2) is 9.37 Å². The fraction of sp³-hybridized carbons (Fsp3) is 0.211. The summed E-state index contributed by atoms with van der Waals surface area (Å²) >= 11 is 0. The van der Waals surface area contributed by atoms with Crippen molar-refractivity contribution in [2.24, 2.45) is 7.05 Å². The second-order valence-corrected chi connectivity index (χ2v) is 6.29. The molecule has 1 aliphatic heterocycles. The minimum atomic E-state index is -0.415. The first kappa shape index (κ1) is 16.3. The van der Waals surface area contributed by atoms with Crippen LogP contribution in [-0.2, 0) is 18.4 Å². The number of fused-ring (bicyclic) bond motifs is 2. The van der Waals surface area contributed by atoms with Gasteiger partial charge in [0.05, 0.1) is 28.8 Å². The molecule has 0 fully saturated rings. The fourth-order valence-electron chi connectivity index (χ4n) is 3.19. The van der Waals surface area contributed by atoms with E-state index < -0.39 is 5.82 Å². The van der Waals surface area contributed by atoms with Crippen molar-refractivity contribution in [1.82, 2.24) is 9.55 Å². The summed E-state index contributed by atoms with van der Waals surface area (Å²) in [6.45, 7) is 0.789. The molecular formula is C19H17FN4O2. The average molecular weight is 352 g/mol. The number of hydrogen-bond donors (Lipinski definition) is 1. The average Bonchev–Trinajstić information content (AvgIpc) is 2.77. The van der Waals surface area contributed by atoms with E-state index in [2.05, 4.69) is 10.3 Å². The molecule has 1 aliphatic rings. The molecule has 0 spiro atoms. The normalized spacial score (nSPS) is 14.1. The second-order valence-electron chi connectivity index (χ2n) is 6.29. The number of anilines is 2. The Morgan fingerprint density at radius 3 is 2.85 bits per heavy atom. The van der Waals surface area contributed by atoms with Crippen LogP contribution in [0.2, 0.25) is 0 Å². The van der Waals surface area contributed by atoms with E-state index >= 15 is 0 Å². The summed E-state index contributed by atoms with van der Waals surface area (Å²) < 4.78 is 15.1. The van der Waals surface area contributed by atoms with Crippen molar-refractivity contribution in [3.8, 4) is 0 Å². The van der Waals surface area contributed by atoms with Gasteiger partial charge in [0, 0.05) is 20.0 Å². The van der Waals surface area contributed by atoms with Crippen molar-refractivity contribution in [3.63, 3.8) is 0 Å². The van der Waals surface area contributed by atoms with E-state index in [1.54, 1.807) is 25.2 Å². The molecule has 7 heteroatoms. The number of benzene rings is 2. The first-order valence-electron chi connectivity index (χ1n) is 8.32. The molecule has 4 rings (SSSR count). The third-order valence-corrected chi connectivity index (χ3v) is 4.59. The van der Waals surface area contributed by atoms with Crippen molar-refractivity contribution in [2.75, 3.05) is 16.8 Å². The van der Waals surface area contributed by atoms with Crippen LogP contribution < -0.4 is 15.8 Å². The third-order valence-electron chi connectivity index (χ3n) is 4.59. The molecule has 26 heavy (non-hydrogen) atoms. The van der Waals surface area contributed by atoms with Crippen LogP contribution in [0.1, 0.15) is 12.2 Å². The molecular weight excluding hydrogens is 335 g/mol. The Labute approximate surface area is 148 Å². The highest BCUT2D eigenvalue weighted by Crippen LogP contribution is 2.30. The highest BCUT2D eigenvalue weighted by Gasteiger charge is 2.21. The number of carbonyl (C=O) groups is 1. The molecule has 0 saturated heterocycles. The third kappa shape index (κ3) is 2.81. The first-order valence-corrected chi connectivity index (χ1v) is 8.32. The lowest BCUT2D eigenvalue weighted by molar-refractivity contribution is -0.115. The second kappa shape index (κ2) is 6.25. The molecule has 0 bridgehead atoms. The van der Waals surface area contributed by atoms with Crippen molar-refractivity contribution in [1.29, 1.82) is 0 Å². The number of amides is 1. The van der Waals surface area contributed by atoms with Gasteiger partial charge < -0.3 is 10.2 Å². The molecule has 1 amide bonds. The van der Waals surface area contributed by atoms with Gasteiger partial charge in [-0.05, 0) is 30.3 Å². The Morgan fingerprint density at radius 1 is 1.19 bits per heavy atom. The van der Waals surface area contributed by atoms with Gasteiger partial charge in [0.25, 0.3) is 5.56 Å². The van der Waals surface area contributed by atoms with E-state index in [1.165, 1.54) is 16.7 Å². The first-order chi connectivity index (χ1) is 12.5. The van der Waals surface area contributed by atoms with Crippen molar-refractivity contribution in [2.45, 2.75) is 13.0 Å². The van der Waals surface area contributed by atoms with Crippen LogP contribution in [0.4, 0.5) is 15.8 Å². The van der Waals surface area contributed by atoms with Gasteiger partial charge in [-0.2, -0.15) is 0 Å². The molecule has 2 heterocycles. The van der Waals surface area contributed by atoms with Gasteiger partial charge >= 0.3 is 0 Å². The zero-order valence-electron chi connectivity index (χ0n) is 14.2. The summed E-state index contributed by atoms with van der Waals surface area (Å²) in [5.41, 5.74) is 1.65. The predicted molar refractivity (Wildman–Crippen MR) is 97.7 cm³/mol. The summed E-state index contributed by atoms with van der Waals surface area (Å²) in [6.07, 6.45) is 0.276. The van der Waals surface area contributed by atoms with E-state index in [0.717, 1.165) is 0 Å². The van der Waals surface area contributed by atoms with Gasteiger partial charge in [-0.3, -0.25) is 14.2 Å². The number of hydrogen-bond acceptors (Lipinski definition) is 4. The summed E-state index contributed by atoms with van der Waals surface area (Å²) in [5, 5.41) is 3.29. The Morgan fingerprint density at radius 2 is 2.00 bits per heavy atom. The summed E-state index contributed by atoms with van der Waals surface area (Å²) in [4.78, 5) is 31.1. The van der Waals surface area contributed by atoms with Crippen LogP contribution in [0.5, 0.6) is 0 Å². The zero-order valence-corrected chi connectivity index (χ0v) is 14.2. The predicted octanol–water partition coefficient (Wildman–Crippen LogP) is 2.42. The maximum atomic E-state index is 13.6. The molecule has 2 aromatic carbocycles. The van der Waals surface area contributed by atoms with Gasteiger partial charge in [-0.1, -0.05) is 12.1 Å². The number of nitrogens with zero attached hydrogens (tertiary/aromatic N) is 3. The van der Waals surface area contributed by atoms with Crippen molar-refractivity contribution < 1.29 is 9.18 Å². The van der Waals surface area contributed by atoms with E-state index in [4.69, 9.17) is 0 Å². The summed E-state index contributed by atoms with van der Waals surface area (Å²) in [7, 11) is 1.68. The minimum absolute atomic E-state index is 0.117. The molecule has 1 N–H and O–H groups in total. The maximum absolute atomic E-state index is 13.6. The Bertz CT molecular complexity index is 1080. The van der Waals surface area contributed by atoms with Crippen molar-refractivity contribution >= 4 is 28.2 Å². The van der Waals surface area contributed by atoms with Gasteiger partial charge in [0.1, 0.15) is 11.6 Å². The van der Waals surface area contributed by atoms with Crippen LogP contribution in [0.25, 0.3) is 10.9 Å². The molecule has 0 aliphatic carbocycles. The van der Waals surface area contributed by atoms with E-state index in [1.807, 2.05) is 17.0 Å². The maximum Gasteiger partial charge on any atom is 0.261 e. The van der Waals surface area contributed by atoms with Gasteiger partial charge in [0.2, 0.25) is 5.91 Å². The Kier molecular flexibility index (Phi) is 3.91. The molecule has 0 saturated carbocycles. The Balaban J connectivity index is 1.78. The van der Waals surface area contributed by atoms with Crippen LogP contribution in [-0.4, -0.2) is 22.0 Å². The summed E-state index contributed by atoms with van der Waals surface area (Å²) in [6, 6.07) is 11.5. The van der Waals surface area contributed by atoms with E-state index in [0.29, 0.717) is 41.2 Å². The number of aromatic nitrogens is 2. The fourth-order valence-corrected chi connectivity index (χ4v) is 3.19. The Hall–Kier alpha value is -3.22. The van der Waals surface area contributed by atoms with Crippen molar-refractivity contribution in [3.05, 3.63) is 64.5 Å². The summed E-state index contributed by atoms with van der Waals surface area (Å²) in [5.74, 6) is 0.000152.